The molecule has 0 unspecified atom stereocenters. The topological polar surface area (TPSA) is 29.1 Å². The Labute approximate surface area is 83.4 Å². The minimum Gasteiger partial charge on any atom is -0.348 e. The summed E-state index contributed by atoms with van der Waals surface area (Å²) in [5.74, 6) is -0.139. The van der Waals surface area contributed by atoms with Crippen molar-refractivity contribution in [3.8, 4) is 0 Å². The Hall–Kier alpha value is -0.610. The van der Waals surface area contributed by atoms with E-state index in [-0.39, 0.29) is 5.91 Å². The van der Waals surface area contributed by atoms with E-state index in [9.17, 15) is 4.79 Å². The summed E-state index contributed by atoms with van der Waals surface area (Å²) < 4.78 is 1.05. The van der Waals surface area contributed by atoms with Crippen LogP contribution in [0.2, 0.25) is 0 Å². The molecule has 1 heterocycles. The van der Waals surface area contributed by atoms with Crippen LogP contribution in [0, 0.1) is 0 Å². The first-order valence-corrected chi connectivity index (χ1v) is 5.03. The maximum Gasteiger partial charge on any atom is 0.243 e. The molecular formula is C8H8BrNOS. The van der Waals surface area contributed by atoms with Crippen LogP contribution in [-0.4, -0.2) is 5.91 Å². The van der Waals surface area contributed by atoms with Crippen LogP contribution in [0.25, 0.3) is 0 Å². The molecule has 0 bridgehead atoms. The van der Waals surface area contributed by atoms with Crippen molar-refractivity contribution in [3.05, 3.63) is 33.5 Å². The SMILES string of the molecule is C=CC(=O)NCc1cc(Br)cs1. The van der Waals surface area contributed by atoms with Crippen molar-refractivity contribution in [1.82, 2.24) is 5.32 Å². The fourth-order valence-electron chi connectivity index (χ4n) is 0.693. The van der Waals surface area contributed by atoms with E-state index >= 15 is 0 Å². The molecule has 64 valence electrons. The van der Waals surface area contributed by atoms with Crippen LogP contribution in [0.3, 0.4) is 0 Å². The highest BCUT2D eigenvalue weighted by molar-refractivity contribution is 9.10. The van der Waals surface area contributed by atoms with Gasteiger partial charge in [-0.05, 0) is 28.1 Å². The fourth-order valence-corrected chi connectivity index (χ4v) is 2.08. The molecule has 1 rings (SSSR count). The molecule has 1 aromatic heterocycles. The van der Waals surface area contributed by atoms with E-state index < -0.39 is 0 Å². The Morgan fingerprint density at radius 2 is 2.58 bits per heavy atom. The largest absolute Gasteiger partial charge is 0.348 e. The second-order valence-corrected chi connectivity index (χ2v) is 4.06. The Balaban J connectivity index is 2.43. The van der Waals surface area contributed by atoms with Crippen LogP contribution in [0.15, 0.2) is 28.6 Å². The molecule has 1 amide bonds. The number of hydrogen-bond acceptors (Lipinski definition) is 2. The zero-order valence-corrected chi connectivity index (χ0v) is 8.74. The molecule has 0 aromatic carbocycles. The van der Waals surface area contributed by atoms with Crippen molar-refractivity contribution in [2.24, 2.45) is 0 Å². The van der Waals surface area contributed by atoms with E-state index in [4.69, 9.17) is 0 Å². The first-order valence-electron chi connectivity index (χ1n) is 3.35. The average Bonchev–Trinajstić information content (AvgIpc) is 2.47. The monoisotopic (exact) mass is 245 g/mol. The molecule has 0 saturated carbocycles. The van der Waals surface area contributed by atoms with Crippen molar-refractivity contribution in [3.63, 3.8) is 0 Å². The predicted molar refractivity (Wildman–Crippen MR) is 54.1 cm³/mol. The van der Waals surface area contributed by atoms with Crippen LogP contribution >= 0.6 is 27.3 Å². The average molecular weight is 246 g/mol. The molecule has 0 aliphatic carbocycles. The van der Waals surface area contributed by atoms with Gasteiger partial charge < -0.3 is 5.32 Å². The van der Waals surface area contributed by atoms with Gasteiger partial charge in [-0.15, -0.1) is 11.3 Å². The Bertz CT molecular complexity index is 295. The lowest BCUT2D eigenvalue weighted by Crippen LogP contribution is -2.19. The smallest absolute Gasteiger partial charge is 0.243 e. The number of nitrogens with one attached hydrogen (secondary N) is 1. The molecule has 0 spiro atoms. The third kappa shape index (κ3) is 2.79. The summed E-state index contributed by atoms with van der Waals surface area (Å²) in [6.45, 7) is 3.93. The number of hydrogen-bond donors (Lipinski definition) is 1. The highest BCUT2D eigenvalue weighted by Gasteiger charge is 1.98. The Morgan fingerprint density at radius 1 is 1.83 bits per heavy atom. The zero-order valence-electron chi connectivity index (χ0n) is 6.34. The molecular weight excluding hydrogens is 238 g/mol. The minimum absolute atomic E-state index is 0.139. The molecule has 0 aliphatic heterocycles. The maximum atomic E-state index is 10.8. The molecule has 2 nitrogen and oxygen atoms in total. The lowest BCUT2D eigenvalue weighted by molar-refractivity contribution is -0.116. The van der Waals surface area contributed by atoms with Gasteiger partial charge >= 0.3 is 0 Å². The van der Waals surface area contributed by atoms with Gasteiger partial charge in [-0.3, -0.25) is 4.79 Å². The van der Waals surface area contributed by atoms with Gasteiger partial charge in [-0.25, -0.2) is 0 Å². The molecule has 4 heteroatoms. The van der Waals surface area contributed by atoms with Crippen LogP contribution in [-0.2, 0) is 11.3 Å². The summed E-state index contributed by atoms with van der Waals surface area (Å²) in [5, 5.41) is 4.68. The van der Waals surface area contributed by atoms with Crippen molar-refractivity contribution >= 4 is 33.2 Å². The highest BCUT2D eigenvalue weighted by Crippen LogP contribution is 2.19. The van der Waals surface area contributed by atoms with Crippen LogP contribution in [0.5, 0.6) is 0 Å². The third-order valence-corrected chi connectivity index (χ3v) is 2.94. The van der Waals surface area contributed by atoms with Crippen LogP contribution in [0.4, 0.5) is 0 Å². The summed E-state index contributed by atoms with van der Waals surface area (Å²) in [5.41, 5.74) is 0. The van der Waals surface area contributed by atoms with E-state index in [1.165, 1.54) is 6.08 Å². The molecule has 0 fully saturated rings. The zero-order chi connectivity index (χ0) is 8.97. The van der Waals surface area contributed by atoms with Crippen molar-refractivity contribution in [2.75, 3.05) is 0 Å². The number of amides is 1. The van der Waals surface area contributed by atoms with Gasteiger partial charge in [0.1, 0.15) is 0 Å². The molecule has 0 aliphatic rings. The van der Waals surface area contributed by atoms with Gasteiger partial charge in [-0.1, -0.05) is 6.58 Å². The van der Waals surface area contributed by atoms with Gasteiger partial charge in [0.25, 0.3) is 0 Å². The minimum atomic E-state index is -0.139. The Kier molecular flexibility index (Phi) is 3.49. The lowest BCUT2D eigenvalue weighted by Gasteiger charge is -1.97. The maximum absolute atomic E-state index is 10.8. The third-order valence-electron chi connectivity index (χ3n) is 1.24. The summed E-state index contributed by atoms with van der Waals surface area (Å²) in [7, 11) is 0. The van der Waals surface area contributed by atoms with Crippen LogP contribution < -0.4 is 5.32 Å². The van der Waals surface area contributed by atoms with Crippen molar-refractivity contribution in [1.29, 1.82) is 0 Å². The first-order chi connectivity index (χ1) is 5.72. The number of carbonyl (C=O) groups is 1. The summed E-state index contributed by atoms with van der Waals surface area (Å²) >= 11 is 4.94. The molecule has 0 radical (unpaired) electrons. The lowest BCUT2D eigenvalue weighted by atomic mass is 10.4. The van der Waals surface area contributed by atoms with Gasteiger partial charge in [-0.2, -0.15) is 0 Å². The van der Waals surface area contributed by atoms with E-state index in [0.717, 1.165) is 9.35 Å². The van der Waals surface area contributed by atoms with E-state index in [1.54, 1.807) is 11.3 Å². The highest BCUT2D eigenvalue weighted by atomic mass is 79.9. The number of thiophene rings is 1. The van der Waals surface area contributed by atoms with Crippen molar-refractivity contribution in [2.45, 2.75) is 6.54 Å². The summed E-state index contributed by atoms with van der Waals surface area (Å²) in [4.78, 5) is 11.9. The number of halogens is 1. The Morgan fingerprint density at radius 3 is 3.08 bits per heavy atom. The van der Waals surface area contributed by atoms with Gasteiger partial charge in [0.15, 0.2) is 0 Å². The second-order valence-electron chi connectivity index (χ2n) is 2.15. The predicted octanol–water partition coefficient (Wildman–Crippen LogP) is 2.31. The number of rotatable bonds is 3. The van der Waals surface area contributed by atoms with Crippen molar-refractivity contribution < 1.29 is 4.79 Å². The molecule has 1 N–H and O–H groups in total. The normalized spacial score (nSPS) is 9.42. The van der Waals surface area contributed by atoms with Crippen LogP contribution in [0.1, 0.15) is 4.88 Å². The quantitative estimate of drug-likeness (QED) is 0.814. The van der Waals surface area contributed by atoms with Gasteiger partial charge in [0, 0.05) is 14.7 Å². The van der Waals surface area contributed by atoms with Gasteiger partial charge in [0.05, 0.1) is 6.54 Å². The summed E-state index contributed by atoms with van der Waals surface area (Å²) in [6, 6.07) is 1.98. The summed E-state index contributed by atoms with van der Waals surface area (Å²) in [6.07, 6.45) is 1.27. The fraction of sp³-hybridized carbons (Fsp3) is 0.125. The van der Waals surface area contributed by atoms with E-state index in [2.05, 4.69) is 27.8 Å². The van der Waals surface area contributed by atoms with E-state index in [0.29, 0.717) is 6.54 Å². The number of carbonyl (C=O) groups excluding carboxylic acids is 1. The molecule has 1 aromatic rings. The van der Waals surface area contributed by atoms with E-state index in [1.807, 2.05) is 11.4 Å². The first kappa shape index (κ1) is 9.48. The molecule has 0 atom stereocenters. The second kappa shape index (κ2) is 4.42. The van der Waals surface area contributed by atoms with Gasteiger partial charge in [0.2, 0.25) is 5.91 Å². The standard InChI is InChI=1S/C8H8BrNOS/c1-2-8(11)10-4-7-3-6(9)5-12-7/h2-3,5H,1,4H2,(H,10,11). The molecule has 0 saturated heterocycles. The molecule has 12 heavy (non-hydrogen) atoms.